The van der Waals surface area contributed by atoms with E-state index in [0.29, 0.717) is 23.7 Å². The summed E-state index contributed by atoms with van der Waals surface area (Å²) in [6, 6.07) is 5.88. The zero-order valence-electron chi connectivity index (χ0n) is 11.3. The SMILES string of the molecule is O=C(NCC1CCCCN1)c1cccc2nccnc12. The molecule has 1 atom stereocenters. The molecule has 0 radical (unpaired) electrons. The smallest absolute Gasteiger partial charge is 0.253 e. The maximum atomic E-state index is 12.3. The van der Waals surface area contributed by atoms with Gasteiger partial charge in [-0.15, -0.1) is 0 Å². The van der Waals surface area contributed by atoms with Gasteiger partial charge in [0, 0.05) is 25.0 Å². The third kappa shape index (κ3) is 2.77. The lowest BCUT2D eigenvalue weighted by atomic mass is 10.0. The number of rotatable bonds is 3. The molecule has 0 aliphatic carbocycles. The number of hydrogen-bond acceptors (Lipinski definition) is 4. The maximum Gasteiger partial charge on any atom is 0.253 e. The molecule has 0 saturated carbocycles. The summed E-state index contributed by atoms with van der Waals surface area (Å²) >= 11 is 0. The number of benzene rings is 1. The van der Waals surface area contributed by atoms with E-state index in [-0.39, 0.29) is 5.91 Å². The van der Waals surface area contributed by atoms with E-state index in [2.05, 4.69) is 20.6 Å². The zero-order valence-corrected chi connectivity index (χ0v) is 11.3. The highest BCUT2D eigenvalue weighted by molar-refractivity contribution is 6.04. The third-order valence-corrected chi connectivity index (χ3v) is 3.66. The highest BCUT2D eigenvalue weighted by atomic mass is 16.1. The minimum Gasteiger partial charge on any atom is -0.350 e. The number of fused-ring (bicyclic) bond motifs is 1. The van der Waals surface area contributed by atoms with Crippen molar-refractivity contribution in [3.8, 4) is 0 Å². The Hall–Kier alpha value is -2.01. The Labute approximate surface area is 117 Å². The van der Waals surface area contributed by atoms with Crippen LogP contribution in [-0.2, 0) is 0 Å². The number of nitrogens with one attached hydrogen (secondary N) is 2. The molecule has 5 heteroatoms. The summed E-state index contributed by atoms with van der Waals surface area (Å²) in [5.74, 6) is -0.0801. The van der Waals surface area contributed by atoms with Crippen molar-refractivity contribution in [1.82, 2.24) is 20.6 Å². The van der Waals surface area contributed by atoms with Crippen LogP contribution in [0.3, 0.4) is 0 Å². The number of hydrogen-bond donors (Lipinski definition) is 2. The average Bonchev–Trinajstić information content (AvgIpc) is 2.53. The van der Waals surface area contributed by atoms with E-state index in [4.69, 9.17) is 0 Å². The largest absolute Gasteiger partial charge is 0.350 e. The molecule has 1 saturated heterocycles. The van der Waals surface area contributed by atoms with Crippen LogP contribution < -0.4 is 10.6 Å². The lowest BCUT2D eigenvalue weighted by Gasteiger charge is -2.23. The van der Waals surface area contributed by atoms with Crippen molar-refractivity contribution >= 4 is 16.9 Å². The molecule has 1 amide bonds. The molecule has 2 N–H and O–H groups in total. The molecule has 1 aliphatic rings. The highest BCUT2D eigenvalue weighted by Crippen LogP contribution is 2.13. The van der Waals surface area contributed by atoms with Crippen molar-refractivity contribution in [2.75, 3.05) is 13.1 Å². The lowest BCUT2D eigenvalue weighted by molar-refractivity contribution is 0.0949. The van der Waals surface area contributed by atoms with Gasteiger partial charge in [-0.3, -0.25) is 14.8 Å². The number of carbonyl (C=O) groups is 1. The van der Waals surface area contributed by atoms with Crippen LogP contribution in [0.5, 0.6) is 0 Å². The molecule has 20 heavy (non-hydrogen) atoms. The first kappa shape index (κ1) is 13.0. The Balaban J connectivity index is 1.72. The van der Waals surface area contributed by atoms with Gasteiger partial charge in [-0.25, -0.2) is 0 Å². The van der Waals surface area contributed by atoms with Gasteiger partial charge in [-0.2, -0.15) is 0 Å². The monoisotopic (exact) mass is 270 g/mol. The lowest BCUT2D eigenvalue weighted by Crippen LogP contribution is -2.43. The molecule has 1 fully saturated rings. The van der Waals surface area contributed by atoms with E-state index in [9.17, 15) is 4.79 Å². The van der Waals surface area contributed by atoms with Crippen LogP contribution in [0.4, 0.5) is 0 Å². The summed E-state index contributed by atoms with van der Waals surface area (Å²) in [4.78, 5) is 20.8. The first-order valence-corrected chi connectivity index (χ1v) is 7.06. The second-order valence-corrected chi connectivity index (χ2v) is 5.09. The number of amides is 1. The molecule has 2 heterocycles. The molecule has 1 aromatic carbocycles. The number of piperidine rings is 1. The van der Waals surface area contributed by atoms with Crippen molar-refractivity contribution in [3.05, 3.63) is 36.2 Å². The van der Waals surface area contributed by atoms with Gasteiger partial charge in [-0.05, 0) is 31.5 Å². The fourth-order valence-corrected chi connectivity index (χ4v) is 2.59. The number of carbonyl (C=O) groups excluding carboxylic acids is 1. The quantitative estimate of drug-likeness (QED) is 0.887. The molecule has 1 aliphatic heterocycles. The zero-order chi connectivity index (χ0) is 13.8. The molecule has 1 unspecified atom stereocenters. The van der Waals surface area contributed by atoms with Crippen LogP contribution in [0, 0.1) is 0 Å². The minimum absolute atomic E-state index is 0.0801. The molecule has 0 bridgehead atoms. The Morgan fingerprint density at radius 3 is 3.05 bits per heavy atom. The predicted octanol–water partition coefficient (Wildman–Crippen LogP) is 1.50. The summed E-state index contributed by atoms with van der Waals surface area (Å²) in [6.07, 6.45) is 6.82. The summed E-state index contributed by atoms with van der Waals surface area (Å²) in [5, 5.41) is 6.41. The van der Waals surface area contributed by atoms with Gasteiger partial charge in [0.2, 0.25) is 0 Å². The molecular weight excluding hydrogens is 252 g/mol. The van der Waals surface area contributed by atoms with E-state index in [0.717, 1.165) is 18.5 Å². The normalized spacial score (nSPS) is 18.9. The van der Waals surface area contributed by atoms with Crippen molar-refractivity contribution in [3.63, 3.8) is 0 Å². The number of aromatic nitrogens is 2. The molecule has 104 valence electrons. The van der Waals surface area contributed by atoms with Crippen molar-refractivity contribution in [2.45, 2.75) is 25.3 Å². The van der Waals surface area contributed by atoms with Crippen molar-refractivity contribution < 1.29 is 4.79 Å². The topological polar surface area (TPSA) is 66.9 Å². The van der Waals surface area contributed by atoms with E-state index in [1.165, 1.54) is 12.8 Å². The van der Waals surface area contributed by atoms with E-state index in [1.54, 1.807) is 18.5 Å². The van der Waals surface area contributed by atoms with Crippen LogP contribution in [0.1, 0.15) is 29.6 Å². The van der Waals surface area contributed by atoms with Crippen molar-refractivity contribution in [1.29, 1.82) is 0 Å². The second kappa shape index (κ2) is 5.96. The van der Waals surface area contributed by atoms with Crippen LogP contribution in [-0.4, -0.2) is 35.0 Å². The minimum atomic E-state index is -0.0801. The van der Waals surface area contributed by atoms with Crippen LogP contribution in [0.2, 0.25) is 0 Å². The van der Waals surface area contributed by atoms with Crippen LogP contribution in [0.25, 0.3) is 11.0 Å². The fourth-order valence-electron chi connectivity index (χ4n) is 2.59. The van der Waals surface area contributed by atoms with Crippen molar-refractivity contribution in [2.24, 2.45) is 0 Å². The molecule has 2 aromatic rings. The molecule has 3 rings (SSSR count). The predicted molar refractivity (Wildman–Crippen MR) is 77.5 cm³/mol. The van der Waals surface area contributed by atoms with Gasteiger partial charge in [0.15, 0.2) is 0 Å². The Morgan fingerprint density at radius 1 is 1.30 bits per heavy atom. The number of nitrogens with zero attached hydrogens (tertiary/aromatic N) is 2. The van der Waals surface area contributed by atoms with E-state index in [1.807, 2.05) is 12.1 Å². The van der Waals surface area contributed by atoms with Crippen LogP contribution >= 0.6 is 0 Å². The summed E-state index contributed by atoms with van der Waals surface area (Å²) < 4.78 is 0. The van der Waals surface area contributed by atoms with E-state index >= 15 is 0 Å². The van der Waals surface area contributed by atoms with Gasteiger partial charge in [0.05, 0.1) is 11.1 Å². The summed E-state index contributed by atoms with van der Waals surface area (Å²) in [7, 11) is 0. The molecule has 1 aromatic heterocycles. The maximum absolute atomic E-state index is 12.3. The Bertz CT molecular complexity index is 602. The fraction of sp³-hybridized carbons (Fsp3) is 0.400. The second-order valence-electron chi connectivity index (χ2n) is 5.09. The van der Waals surface area contributed by atoms with Gasteiger partial charge in [-0.1, -0.05) is 12.5 Å². The Morgan fingerprint density at radius 2 is 2.20 bits per heavy atom. The van der Waals surface area contributed by atoms with Gasteiger partial charge >= 0.3 is 0 Å². The van der Waals surface area contributed by atoms with Crippen LogP contribution in [0.15, 0.2) is 30.6 Å². The van der Waals surface area contributed by atoms with Gasteiger partial charge in [0.25, 0.3) is 5.91 Å². The van der Waals surface area contributed by atoms with Gasteiger partial charge < -0.3 is 10.6 Å². The first-order valence-electron chi connectivity index (χ1n) is 7.06. The number of para-hydroxylation sites is 1. The molecule has 0 spiro atoms. The highest BCUT2D eigenvalue weighted by Gasteiger charge is 2.15. The van der Waals surface area contributed by atoms with E-state index < -0.39 is 0 Å². The Kier molecular flexibility index (Phi) is 3.87. The average molecular weight is 270 g/mol. The standard InChI is InChI=1S/C15H18N4O/c20-15(19-10-11-4-1-2-7-16-11)12-5-3-6-13-14(12)18-9-8-17-13/h3,5-6,8-9,11,16H,1-2,4,7,10H2,(H,19,20). The summed E-state index contributed by atoms with van der Waals surface area (Å²) in [6.45, 7) is 1.70. The van der Waals surface area contributed by atoms with Gasteiger partial charge in [0.1, 0.15) is 5.52 Å². The summed E-state index contributed by atoms with van der Waals surface area (Å²) in [5.41, 5.74) is 1.99. The first-order chi connectivity index (χ1) is 9.84. The third-order valence-electron chi connectivity index (χ3n) is 3.66. The molecular formula is C15H18N4O. The molecule has 5 nitrogen and oxygen atoms in total.